The highest BCUT2D eigenvalue weighted by Gasteiger charge is 1.97. The Morgan fingerprint density at radius 1 is 1.58 bits per heavy atom. The number of rotatable bonds is 1. The third kappa shape index (κ3) is 2.44. The largest absolute Gasteiger partial charge is 0.287 e. The lowest BCUT2D eigenvalue weighted by molar-refractivity contribution is -0.109. The number of hydrogen-bond acceptors (Lipinski definition) is 2. The van der Waals surface area contributed by atoms with Crippen molar-refractivity contribution >= 4 is 16.9 Å². The van der Waals surface area contributed by atoms with E-state index >= 15 is 0 Å². The van der Waals surface area contributed by atoms with Crippen LogP contribution in [0.3, 0.4) is 0 Å². The van der Waals surface area contributed by atoms with E-state index in [-0.39, 0.29) is 5.12 Å². The van der Waals surface area contributed by atoms with Crippen molar-refractivity contribution in [3.63, 3.8) is 0 Å². The van der Waals surface area contributed by atoms with Gasteiger partial charge < -0.3 is 0 Å². The van der Waals surface area contributed by atoms with Crippen molar-refractivity contribution in [1.29, 1.82) is 0 Å². The van der Waals surface area contributed by atoms with Gasteiger partial charge in [0.05, 0.1) is 0 Å². The maximum atomic E-state index is 10.7. The van der Waals surface area contributed by atoms with Gasteiger partial charge in [0.15, 0.2) is 5.12 Å². The minimum Gasteiger partial charge on any atom is -0.287 e. The van der Waals surface area contributed by atoms with Crippen molar-refractivity contribution in [2.75, 3.05) is 0 Å². The van der Waals surface area contributed by atoms with Crippen LogP contribution in [-0.4, -0.2) is 5.12 Å². The molecule has 1 aromatic carbocycles. The highest BCUT2D eigenvalue weighted by molar-refractivity contribution is 8.13. The summed E-state index contributed by atoms with van der Waals surface area (Å²) >= 11 is 1.19. The molecule has 0 N–H and O–H groups in total. The third-order valence-corrected chi connectivity index (χ3v) is 2.04. The molecule has 0 radical (unpaired) electrons. The summed E-state index contributed by atoms with van der Waals surface area (Å²) in [6, 6.07) is 7.38. The van der Waals surface area contributed by atoms with Crippen LogP contribution in [0.5, 0.6) is 0 Å². The van der Waals surface area contributed by atoms with Crippen LogP contribution in [-0.2, 0) is 4.79 Å². The van der Waals surface area contributed by atoms with Crippen LogP contribution < -0.4 is 0 Å². The number of thioether (sulfide) groups is 1. The average molecular weight is 176 g/mol. The molecule has 0 aromatic heterocycles. The lowest BCUT2D eigenvalue weighted by atomic mass is 10.2. The topological polar surface area (TPSA) is 17.1 Å². The number of carbonyl (C=O) groups is 1. The standard InChI is InChI=1S/C10H8OS/c1-3-9-5-4-6-10(7-9)12-8(2)11/h1,4-7H,2H3. The van der Waals surface area contributed by atoms with Gasteiger partial charge >= 0.3 is 0 Å². The molecule has 0 fully saturated rings. The normalized spacial score (nSPS) is 9.00. The molecule has 60 valence electrons. The first kappa shape index (κ1) is 8.89. The van der Waals surface area contributed by atoms with Gasteiger partial charge in [0, 0.05) is 17.4 Å². The van der Waals surface area contributed by atoms with E-state index in [2.05, 4.69) is 5.92 Å². The predicted molar refractivity (Wildman–Crippen MR) is 50.9 cm³/mol. The van der Waals surface area contributed by atoms with Gasteiger partial charge in [-0.3, -0.25) is 4.79 Å². The lowest BCUT2D eigenvalue weighted by Crippen LogP contribution is -1.81. The van der Waals surface area contributed by atoms with Gasteiger partial charge in [-0.1, -0.05) is 23.7 Å². The highest BCUT2D eigenvalue weighted by atomic mass is 32.2. The van der Waals surface area contributed by atoms with Gasteiger partial charge in [-0.25, -0.2) is 0 Å². The Kier molecular flexibility index (Phi) is 2.95. The van der Waals surface area contributed by atoms with Crippen LogP contribution in [0.2, 0.25) is 0 Å². The third-order valence-electron chi connectivity index (χ3n) is 1.26. The Labute approximate surface area is 76.2 Å². The van der Waals surface area contributed by atoms with Gasteiger partial charge in [-0.15, -0.1) is 6.42 Å². The Bertz CT molecular complexity index is 336. The fourth-order valence-corrected chi connectivity index (χ4v) is 1.48. The Hall–Kier alpha value is -1.20. The van der Waals surface area contributed by atoms with E-state index in [9.17, 15) is 4.79 Å². The Morgan fingerprint density at radius 3 is 2.92 bits per heavy atom. The molecule has 1 rings (SSSR count). The van der Waals surface area contributed by atoms with Gasteiger partial charge in [0.1, 0.15) is 0 Å². The summed E-state index contributed by atoms with van der Waals surface area (Å²) in [5.41, 5.74) is 0.807. The molecule has 0 atom stereocenters. The summed E-state index contributed by atoms with van der Waals surface area (Å²) in [6.45, 7) is 1.53. The van der Waals surface area contributed by atoms with Crippen molar-refractivity contribution < 1.29 is 4.79 Å². The molecule has 0 unspecified atom stereocenters. The summed E-state index contributed by atoms with van der Waals surface area (Å²) in [7, 11) is 0. The SMILES string of the molecule is C#Cc1cccc(SC(C)=O)c1. The second-order valence-electron chi connectivity index (χ2n) is 2.27. The zero-order chi connectivity index (χ0) is 8.97. The fraction of sp³-hybridized carbons (Fsp3) is 0.100. The van der Waals surface area contributed by atoms with E-state index in [1.807, 2.05) is 24.3 Å². The van der Waals surface area contributed by atoms with Crippen LogP contribution in [0, 0.1) is 12.3 Å². The quantitative estimate of drug-likeness (QED) is 0.482. The molecule has 0 aliphatic heterocycles. The predicted octanol–water partition coefficient (Wildman–Crippen LogP) is 2.31. The first-order valence-electron chi connectivity index (χ1n) is 3.47. The average Bonchev–Trinajstić information content (AvgIpc) is 2.03. The van der Waals surface area contributed by atoms with Crippen molar-refractivity contribution in [2.45, 2.75) is 11.8 Å². The van der Waals surface area contributed by atoms with Gasteiger partial charge in [0.25, 0.3) is 0 Å². The zero-order valence-corrected chi connectivity index (χ0v) is 7.52. The highest BCUT2D eigenvalue weighted by Crippen LogP contribution is 2.18. The van der Waals surface area contributed by atoms with Gasteiger partial charge in [-0.05, 0) is 18.2 Å². The van der Waals surface area contributed by atoms with Crippen LogP contribution in [0.25, 0.3) is 0 Å². The molecule has 0 spiro atoms. The maximum Gasteiger partial charge on any atom is 0.190 e. The van der Waals surface area contributed by atoms with Crippen molar-refractivity contribution in [2.24, 2.45) is 0 Å². The van der Waals surface area contributed by atoms with E-state index in [1.54, 1.807) is 0 Å². The monoisotopic (exact) mass is 176 g/mol. The minimum absolute atomic E-state index is 0.0733. The van der Waals surface area contributed by atoms with Crippen LogP contribution in [0.1, 0.15) is 12.5 Å². The van der Waals surface area contributed by atoms with Crippen molar-refractivity contribution in [1.82, 2.24) is 0 Å². The van der Waals surface area contributed by atoms with Crippen molar-refractivity contribution in [3.05, 3.63) is 29.8 Å². The Morgan fingerprint density at radius 2 is 2.33 bits per heavy atom. The zero-order valence-electron chi connectivity index (χ0n) is 6.70. The second kappa shape index (κ2) is 3.99. The summed E-state index contributed by atoms with van der Waals surface area (Å²) in [5.74, 6) is 2.52. The van der Waals surface area contributed by atoms with E-state index in [4.69, 9.17) is 6.42 Å². The lowest BCUT2D eigenvalue weighted by Gasteiger charge is -1.96. The summed E-state index contributed by atoms with van der Waals surface area (Å²) in [6.07, 6.45) is 5.21. The molecule has 0 heterocycles. The van der Waals surface area contributed by atoms with Gasteiger partial charge in [0.2, 0.25) is 0 Å². The molecule has 0 saturated heterocycles. The molecule has 2 heteroatoms. The molecular weight excluding hydrogens is 168 g/mol. The first-order chi connectivity index (χ1) is 5.72. The molecule has 0 aliphatic rings. The summed E-state index contributed by atoms with van der Waals surface area (Å²) in [5, 5.41) is 0.0733. The maximum absolute atomic E-state index is 10.7. The molecule has 12 heavy (non-hydrogen) atoms. The number of benzene rings is 1. The molecular formula is C10H8OS. The van der Waals surface area contributed by atoms with E-state index in [0.29, 0.717) is 0 Å². The Balaban J connectivity index is 2.88. The fourth-order valence-electron chi connectivity index (χ4n) is 0.815. The molecule has 0 saturated carbocycles. The van der Waals surface area contributed by atoms with Crippen LogP contribution >= 0.6 is 11.8 Å². The van der Waals surface area contributed by atoms with Crippen molar-refractivity contribution in [3.8, 4) is 12.3 Å². The van der Waals surface area contributed by atoms with E-state index in [0.717, 1.165) is 10.5 Å². The first-order valence-corrected chi connectivity index (χ1v) is 4.29. The minimum atomic E-state index is 0.0733. The summed E-state index contributed by atoms with van der Waals surface area (Å²) in [4.78, 5) is 11.6. The second-order valence-corrected chi connectivity index (χ2v) is 3.52. The molecule has 1 nitrogen and oxygen atoms in total. The van der Waals surface area contributed by atoms with E-state index < -0.39 is 0 Å². The molecule has 0 bridgehead atoms. The number of terminal acetylenes is 1. The van der Waals surface area contributed by atoms with Crippen LogP contribution in [0.4, 0.5) is 0 Å². The number of carbonyl (C=O) groups excluding carboxylic acids is 1. The number of hydrogen-bond donors (Lipinski definition) is 0. The smallest absolute Gasteiger partial charge is 0.190 e. The molecule has 0 aliphatic carbocycles. The molecule has 0 amide bonds. The van der Waals surface area contributed by atoms with E-state index in [1.165, 1.54) is 18.7 Å². The van der Waals surface area contributed by atoms with Crippen LogP contribution in [0.15, 0.2) is 29.2 Å². The molecule has 1 aromatic rings. The van der Waals surface area contributed by atoms with Gasteiger partial charge in [-0.2, -0.15) is 0 Å². The summed E-state index contributed by atoms with van der Waals surface area (Å²) < 4.78 is 0.